The van der Waals surface area contributed by atoms with Crippen LogP contribution in [0.2, 0.25) is 5.02 Å². The van der Waals surface area contributed by atoms with Crippen LogP contribution in [0.5, 0.6) is 17.2 Å². The van der Waals surface area contributed by atoms with Gasteiger partial charge in [0.25, 0.3) is 0 Å². The number of benzene rings is 1. The van der Waals surface area contributed by atoms with Crippen LogP contribution in [0.4, 0.5) is 0 Å². The van der Waals surface area contributed by atoms with Crippen molar-refractivity contribution in [3.8, 4) is 17.2 Å². The maximum Gasteiger partial charge on any atom is 0.170 e. The van der Waals surface area contributed by atoms with Crippen molar-refractivity contribution in [3.05, 3.63) is 16.7 Å². The number of methoxy groups -OCH3 is 2. The number of aromatic hydroxyl groups is 1. The molecule has 0 saturated heterocycles. The van der Waals surface area contributed by atoms with E-state index in [9.17, 15) is 10.2 Å². The summed E-state index contributed by atoms with van der Waals surface area (Å²) in [5.74, 6) is 0.601. The Kier molecular flexibility index (Phi) is 2.64. The molecule has 0 radical (unpaired) electrons. The molecule has 0 bridgehead atoms. The summed E-state index contributed by atoms with van der Waals surface area (Å²) in [4.78, 5) is 0. The Morgan fingerprint density at radius 1 is 1.31 bits per heavy atom. The molecule has 0 amide bonds. The first-order chi connectivity index (χ1) is 7.53. The van der Waals surface area contributed by atoms with Crippen LogP contribution in [0.25, 0.3) is 0 Å². The third kappa shape index (κ3) is 1.58. The average molecular weight is 245 g/mol. The SMILES string of the molecule is COc1cc(Cl)c(O)c(C2(O)CC2)c1OC. The molecule has 0 aliphatic heterocycles. The molecule has 1 aliphatic rings. The Morgan fingerprint density at radius 3 is 2.38 bits per heavy atom. The lowest BCUT2D eigenvalue weighted by Gasteiger charge is -2.18. The maximum absolute atomic E-state index is 10.1. The first kappa shape index (κ1) is 11.4. The molecule has 0 aromatic heterocycles. The molecule has 0 atom stereocenters. The predicted octanol–water partition coefficient (Wildman–Crippen LogP) is 2.04. The zero-order chi connectivity index (χ0) is 11.9. The third-order valence-corrected chi connectivity index (χ3v) is 3.07. The molecular weight excluding hydrogens is 232 g/mol. The fourth-order valence-electron chi connectivity index (χ4n) is 1.75. The van der Waals surface area contributed by atoms with Gasteiger partial charge in [-0.25, -0.2) is 0 Å². The van der Waals surface area contributed by atoms with Crippen molar-refractivity contribution in [1.29, 1.82) is 0 Å². The van der Waals surface area contributed by atoms with Gasteiger partial charge in [0, 0.05) is 6.07 Å². The highest BCUT2D eigenvalue weighted by atomic mass is 35.5. The van der Waals surface area contributed by atoms with Gasteiger partial charge in [-0.3, -0.25) is 0 Å². The molecule has 5 heteroatoms. The molecule has 88 valence electrons. The highest BCUT2D eigenvalue weighted by Gasteiger charge is 2.47. The average Bonchev–Trinajstić information content (AvgIpc) is 3.00. The molecule has 16 heavy (non-hydrogen) atoms. The highest BCUT2D eigenvalue weighted by Crippen LogP contribution is 2.56. The van der Waals surface area contributed by atoms with Crippen LogP contribution in [0, 0.1) is 0 Å². The molecule has 2 rings (SSSR count). The van der Waals surface area contributed by atoms with E-state index in [0.717, 1.165) is 0 Å². The number of halogens is 1. The molecule has 2 N–H and O–H groups in total. The van der Waals surface area contributed by atoms with Crippen molar-refractivity contribution in [3.63, 3.8) is 0 Å². The minimum Gasteiger partial charge on any atom is -0.506 e. The van der Waals surface area contributed by atoms with E-state index in [2.05, 4.69) is 0 Å². The van der Waals surface area contributed by atoms with Gasteiger partial charge in [-0.05, 0) is 12.8 Å². The van der Waals surface area contributed by atoms with Crippen molar-refractivity contribution in [1.82, 2.24) is 0 Å². The quantitative estimate of drug-likeness (QED) is 0.854. The number of ether oxygens (including phenoxy) is 2. The van der Waals surface area contributed by atoms with Crippen molar-refractivity contribution in [2.45, 2.75) is 18.4 Å². The van der Waals surface area contributed by atoms with Gasteiger partial charge < -0.3 is 19.7 Å². The number of rotatable bonds is 3. The fourth-order valence-corrected chi connectivity index (χ4v) is 1.95. The van der Waals surface area contributed by atoms with E-state index in [0.29, 0.717) is 29.9 Å². The van der Waals surface area contributed by atoms with E-state index in [4.69, 9.17) is 21.1 Å². The molecule has 1 aromatic rings. The van der Waals surface area contributed by atoms with Gasteiger partial charge in [0.15, 0.2) is 11.5 Å². The van der Waals surface area contributed by atoms with Crippen LogP contribution < -0.4 is 9.47 Å². The summed E-state index contributed by atoms with van der Waals surface area (Å²) in [6.45, 7) is 0. The second kappa shape index (κ2) is 3.71. The summed E-state index contributed by atoms with van der Waals surface area (Å²) in [5.41, 5.74) is -0.715. The minimum absolute atomic E-state index is 0.140. The van der Waals surface area contributed by atoms with E-state index in [1.54, 1.807) is 0 Å². The monoisotopic (exact) mass is 244 g/mol. The van der Waals surface area contributed by atoms with Crippen LogP contribution in [0.3, 0.4) is 0 Å². The zero-order valence-corrected chi connectivity index (χ0v) is 9.84. The first-order valence-electron chi connectivity index (χ1n) is 4.90. The van der Waals surface area contributed by atoms with Crippen molar-refractivity contribution in [2.24, 2.45) is 0 Å². The van der Waals surface area contributed by atoms with Crippen LogP contribution in [0.1, 0.15) is 18.4 Å². The number of hydrogen-bond donors (Lipinski definition) is 2. The van der Waals surface area contributed by atoms with E-state index < -0.39 is 5.60 Å². The van der Waals surface area contributed by atoms with Crippen LogP contribution in [0.15, 0.2) is 6.07 Å². The van der Waals surface area contributed by atoms with E-state index in [1.165, 1.54) is 20.3 Å². The molecule has 0 heterocycles. The summed E-state index contributed by atoms with van der Waals surface area (Å²) < 4.78 is 10.3. The minimum atomic E-state index is -1.03. The maximum atomic E-state index is 10.1. The second-order valence-corrected chi connectivity index (χ2v) is 4.26. The van der Waals surface area contributed by atoms with Crippen LogP contribution >= 0.6 is 11.6 Å². The predicted molar refractivity (Wildman–Crippen MR) is 59.4 cm³/mol. The molecular formula is C11H13ClO4. The van der Waals surface area contributed by atoms with Gasteiger partial charge >= 0.3 is 0 Å². The van der Waals surface area contributed by atoms with E-state index in [1.807, 2.05) is 0 Å². The van der Waals surface area contributed by atoms with Crippen molar-refractivity contribution >= 4 is 11.6 Å². The largest absolute Gasteiger partial charge is 0.506 e. The summed E-state index contributed by atoms with van der Waals surface area (Å²) in [6.07, 6.45) is 1.17. The lowest BCUT2D eigenvalue weighted by molar-refractivity contribution is 0.142. The summed E-state index contributed by atoms with van der Waals surface area (Å²) in [6, 6.07) is 1.46. The number of phenols is 1. The van der Waals surface area contributed by atoms with Gasteiger partial charge in [0.2, 0.25) is 0 Å². The van der Waals surface area contributed by atoms with Crippen LogP contribution in [-0.2, 0) is 5.60 Å². The lowest BCUT2D eigenvalue weighted by atomic mass is 10.0. The van der Waals surface area contributed by atoms with Gasteiger partial charge in [-0.15, -0.1) is 0 Å². The van der Waals surface area contributed by atoms with Gasteiger partial charge in [-0.2, -0.15) is 0 Å². The standard InChI is InChI=1S/C11H13ClO4/c1-15-7-5-6(12)9(13)8(10(7)16-2)11(14)3-4-11/h5,13-14H,3-4H2,1-2H3. The smallest absolute Gasteiger partial charge is 0.170 e. The lowest BCUT2D eigenvalue weighted by Crippen LogP contribution is -2.08. The Bertz CT molecular complexity index is 426. The summed E-state index contributed by atoms with van der Waals surface area (Å²) >= 11 is 5.86. The summed E-state index contributed by atoms with van der Waals surface area (Å²) in [5, 5.41) is 20.1. The highest BCUT2D eigenvalue weighted by molar-refractivity contribution is 6.32. The first-order valence-corrected chi connectivity index (χ1v) is 5.27. The molecule has 1 saturated carbocycles. The molecule has 0 spiro atoms. The molecule has 1 aromatic carbocycles. The Hall–Kier alpha value is -1.13. The van der Waals surface area contributed by atoms with E-state index in [-0.39, 0.29) is 10.8 Å². The number of hydrogen-bond acceptors (Lipinski definition) is 4. The van der Waals surface area contributed by atoms with Crippen molar-refractivity contribution in [2.75, 3.05) is 14.2 Å². The zero-order valence-electron chi connectivity index (χ0n) is 9.08. The molecule has 4 nitrogen and oxygen atoms in total. The topological polar surface area (TPSA) is 58.9 Å². The fraction of sp³-hybridized carbons (Fsp3) is 0.455. The molecule has 0 unspecified atom stereocenters. The number of phenolic OH excluding ortho intramolecular Hbond substituents is 1. The van der Waals surface area contributed by atoms with Gasteiger partial charge in [-0.1, -0.05) is 11.6 Å². The van der Waals surface area contributed by atoms with E-state index >= 15 is 0 Å². The Labute approximate surface area is 98.4 Å². The van der Waals surface area contributed by atoms with Gasteiger partial charge in [0.1, 0.15) is 5.75 Å². The van der Waals surface area contributed by atoms with Crippen molar-refractivity contribution < 1.29 is 19.7 Å². The van der Waals surface area contributed by atoms with Crippen LogP contribution in [-0.4, -0.2) is 24.4 Å². The summed E-state index contributed by atoms with van der Waals surface area (Å²) in [7, 11) is 2.94. The third-order valence-electron chi connectivity index (χ3n) is 2.78. The Morgan fingerprint density at radius 2 is 1.94 bits per heavy atom. The van der Waals surface area contributed by atoms with Gasteiger partial charge in [0.05, 0.1) is 30.4 Å². The second-order valence-electron chi connectivity index (χ2n) is 3.85. The molecule has 1 fully saturated rings. The molecule has 1 aliphatic carbocycles. The normalized spacial score (nSPS) is 17.0. The Balaban J connectivity index is 2.67. The number of aliphatic hydroxyl groups is 1.